The Bertz CT molecular complexity index is 979. The van der Waals surface area contributed by atoms with Gasteiger partial charge >= 0.3 is 0 Å². The van der Waals surface area contributed by atoms with Crippen molar-refractivity contribution in [3.63, 3.8) is 0 Å². The average Bonchev–Trinajstić information content (AvgIpc) is 2.68. The van der Waals surface area contributed by atoms with E-state index in [4.69, 9.17) is 10.5 Å². The molecule has 1 aliphatic heterocycles. The van der Waals surface area contributed by atoms with E-state index in [1.807, 2.05) is 53.5 Å². The molecule has 7 heteroatoms. The second kappa shape index (κ2) is 7.28. The van der Waals surface area contributed by atoms with Crippen LogP contribution < -0.4 is 5.73 Å². The molecular weight excluding hydrogens is 340 g/mol. The number of anilines is 1. The van der Waals surface area contributed by atoms with E-state index in [2.05, 4.69) is 34.2 Å². The second-order valence-electron chi connectivity index (χ2n) is 6.77. The summed E-state index contributed by atoms with van der Waals surface area (Å²) in [7, 11) is 0. The molecule has 4 rings (SSSR count). The lowest BCUT2D eigenvalue weighted by Gasteiger charge is -2.35. The zero-order valence-electron chi connectivity index (χ0n) is 15.4. The summed E-state index contributed by atoms with van der Waals surface area (Å²) in [4.78, 5) is 9.15. The highest BCUT2D eigenvalue weighted by molar-refractivity contribution is 5.90. The first-order chi connectivity index (χ1) is 13.1. The summed E-state index contributed by atoms with van der Waals surface area (Å²) in [5, 5.41) is 11.8. The summed E-state index contributed by atoms with van der Waals surface area (Å²) >= 11 is 0. The van der Waals surface area contributed by atoms with Crippen LogP contribution in [0.5, 0.6) is 0 Å². The molecule has 3 aromatic rings. The van der Waals surface area contributed by atoms with Gasteiger partial charge in [-0.2, -0.15) is 0 Å². The highest BCUT2D eigenvalue weighted by atomic mass is 16.5. The number of fused-ring (bicyclic) bond motifs is 1. The Balaban J connectivity index is 1.72. The molecule has 27 heavy (non-hydrogen) atoms. The predicted molar refractivity (Wildman–Crippen MR) is 105 cm³/mol. The van der Waals surface area contributed by atoms with Gasteiger partial charge in [0.25, 0.3) is 0 Å². The maximum Gasteiger partial charge on any atom is 0.164 e. The molecule has 0 spiro atoms. The number of ether oxygens (including phenoxy) is 1. The standard InChI is InChI=1S/C20H22N6O/c1-13-11-27-12-14(2)26(13)25-24-18-10-6-4-8-16(18)20-22-17-9-5-3-7-15(17)19(21)23-20/h3-10,13-14H,11-12H2,1-2H3,(H2,21,22,23). The molecule has 2 heterocycles. The largest absolute Gasteiger partial charge is 0.383 e. The van der Waals surface area contributed by atoms with Gasteiger partial charge in [0, 0.05) is 10.9 Å². The van der Waals surface area contributed by atoms with Gasteiger partial charge in [0.1, 0.15) is 5.82 Å². The van der Waals surface area contributed by atoms with Crippen molar-refractivity contribution >= 4 is 22.4 Å². The van der Waals surface area contributed by atoms with Crippen LogP contribution in [0.4, 0.5) is 11.5 Å². The van der Waals surface area contributed by atoms with Crippen molar-refractivity contribution in [1.82, 2.24) is 15.0 Å². The van der Waals surface area contributed by atoms with Crippen LogP contribution in [0.15, 0.2) is 58.9 Å². The van der Waals surface area contributed by atoms with Crippen molar-refractivity contribution in [2.75, 3.05) is 18.9 Å². The first-order valence-corrected chi connectivity index (χ1v) is 9.03. The van der Waals surface area contributed by atoms with Crippen LogP contribution in [0.1, 0.15) is 13.8 Å². The van der Waals surface area contributed by atoms with Gasteiger partial charge in [0.05, 0.1) is 36.5 Å². The number of nitrogens with zero attached hydrogens (tertiary/aromatic N) is 5. The Morgan fingerprint density at radius 1 is 1.00 bits per heavy atom. The topological polar surface area (TPSA) is 89.0 Å². The number of aromatic nitrogens is 2. The molecule has 2 unspecified atom stereocenters. The van der Waals surface area contributed by atoms with Gasteiger partial charge in [-0.15, -0.1) is 5.11 Å². The molecule has 1 aromatic heterocycles. The molecule has 1 fully saturated rings. The zero-order chi connectivity index (χ0) is 18.8. The van der Waals surface area contributed by atoms with Gasteiger partial charge in [0.15, 0.2) is 5.82 Å². The quantitative estimate of drug-likeness (QED) is 0.712. The Morgan fingerprint density at radius 3 is 2.52 bits per heavy atom. The summed E-state index contributed by atoms with van der Waals surface area (Å²) < 4.78 is 5.55. The van der Waals surface area contributed by atoms with E-state index in [1.165, 1.54) is 0 Å². The van der Waals surface area contributed by atoms with Crippen LogP contribution >= 0.6 is 0 Å². The smallest absolute Gasteiger partial charge is 0.164 e. The summed E-state index contributed by atoms with van der Waals surface area (Å²) in [5.74, 6) is 1.00. The number of nitrogen functional groups attached to an aromatic ring is 1. The molecular formula is C20H22N6O. The normalized spacial score (nSPS) is 20.4. The van der Waals surface area contributed by atoms with E-state index in [0.29, 0.717) is 30.5 Å². The summed E-state index contributed by atoms with van der Waals surface area (Å²) in [6.45, 7) is 5.45. The van der Waals surface area contributed by atoms with Crippen LogP contribution in [-0.2, 0) is 4.74 Å². The molecule has 0 aliphatic carbocycles. The first-order valence-electron chi connectivity index (χ1n) is 9.03. The predicted octanol–water partition coefficient (Wildman–Crippen LogP) is 3.99. The number of nitrogens with two attached hydrogens (primary N) is 1. The lowest BCUT2D eigenvalue weighted by Crippen LogP contribution is -2.46. The molecule has 2 atom stereocenters. The minimum atomic E-state index is 0.178. The highest BCUT2D eigenvalue weighted by Gasteiger charge is 2.24. The fourth-order valence-electron chi connectivity index (χ4n) is 3.24. The molecule has 2 N–H and O–H groups in total. The molecule has 0 bridgehead atoms. The first kappa shape index (κ1) is 17.4. The minimum absolute atomic E-state index is 0.178. The van der Waals surface area contributed by atoms with E-state index in [0.717, 1.165) is 16.5 Å². The number of hydrogen-bond acceptors (Lipinski definition) is 6. The Hall–Kier alpha value is -3.06. The van der Waals surface area contributed by atoms with Crippen LogP contribution in [0.25, 0.3) is 22.3 Å². The van der Waals surface area contributed by atoms with Gasteiger partial charge in [0.2, 0.25) is 0 Å². The van der Waals surface area contributed by atoms with Crippen LogP contribution in [0, 0.1) is 0 Å². The van der Waals surface area contributed by atoms with Crippen LogP contribution in [0.2, 0.25) is 0 Å². The zero-order valence-corrected chi connectivity index (χ0v) is 15.4. The van der Waals surface area contributed by atoms with Crippen molar-refractivity contribution in [3.05, 3.63) is 48.5 Å². The molecule has 1 saturated heterocycles. The maximum absolute atomic E-state index is 6.14. The Labute approximate surface area is 157 Å². The van der Waals surface area contributed by atoms with E-state index in [1.54, 1.807) is 0 Å². The van der Waals surface area contributed by atoms with Gasteiger partial charge in [-0.1, -0.05) is 29.5 Å². The molecule has 138 valence electrons. The molecule has 1 aliphatic rings. The van der Waals surface area contributed by atoms with Crippen molar-refractivity contribution in [1.29, 1.82) is 0 Å². The van der Waals surface area contributed by atoms with Crippen molar-refractivity contribution in [3.8, 4) is 11.4 Å². The Morgan fingerprint density at radius 2 is 1.70 bits per heavy atom. The molecule has 7 nitrogen and oxygen atoms in total. The number of para-hydroxylation sites is 1. The fraction of sp³-hybridized carbons (Fsp3) is 0.300. The van der Waals surface area contributed by atoms with E-state index in [9.17, 15) is 0 Å². The van der Waals surface area contributed by atoms with E-state index in [-0.39, 0.29) is 12.1 Å². The fourth-order valence-corrected chi connectivity index (χ4v) is 3.24. The molecule has 0 radical (unpaired) electrons. The van der Waals surface area contributed by atoms with Gasteiger partial charge in [-0.3, -0.25) is 5.01 Å². The third kappa shape index (κ3) is 3.46. The second-order valence-corrected chi connectivity index (χ2v) is 6.77. The lowest BCUT2D eigenvalue weighted by molar-refractivity contribution is -0.0396. The third-order valence-electron chi connectivity index (χ3n) is 4.65. The highest BCUT2D eigenvalue weighted by Crippen LogP contribution is 2.31. The molecule has 2 aromatic carbocycles. The summed E-state index contributed by atoms with van der Waals surface area (Å²) in [6, 6.07) is 15.8. The number of hydrogen-bond donors (Lipinski definition) is 1. The van der Waals surface area contributed by atoms with Crippen molar-refractivity contribution < 1.29 is 4.74 Å². The molecule has 0 amide bonds. The third-order valence-corrected chi connectivity index (χ3v) is 4.65. The van der Waals surface area contributed by atoms with Gasteiger partial charge < -0.3 is 10.5 Å². The number of morpholine rings is 1. The lowest BCUT2D eigenvalue weighted by atomic mass is 10.1. The average molecular weight is 362 g/mol. The van der Waals surface area contributed by atoms with Crippen LogP contribution in [-0.4, -0.2) is 40.3 Å². The van der Waals surface area contributed by atoms with Crippen molar-refractivity contribution in [2.45, 2.75) is 25.9 Å². The van der Waals surface area contributed by atoms with Crippen LogP contribution in [0.3, 0.4) is 0 Å². The monoisotopic (exact) mass is 362 g/mol. The minimum Gasteiger partial charge on any atom is -0.383 e. The summed E-state index contributed by atoms with van der Waals surface area (Å²) in [5.41, 5.74) is 8.46. The van der Waals surface area contributed by atoms with Gasteiger partial charge in [-0.25, -0.2) is 9.97 Å². The van der Waals surface area contributed by atoms with Gasteiger partial charge in [-0.05, 0) is 38.1 Å². The summed E-state index contributed by atoms with van der Waals surface area (Å²) in [6.07, 6.45) is 0. The number of rotatable bonds is 3. The van der Waals surface area contributed by atoms with E-state index >= 15 is 0 Å². The number of benzene rings is 2. The van der Waals surface area contributed by atoms with E-state index < -0.39 is 0 Å². The Kier molecular flexibility index (Phi) is 4.68. The SMILES string of the molecule is CC1COCC(C)N1N=Nc1ccccc1-c1nc(N)c2ccccc2n1. The maximum atomic E-state index is 6.14. The van der Waals surface area contributed by atoms with Crippen molar-refractivity contribution in [2.24, 2.45) is 10.3 Å². The molecule has 0 saturated carbocycles.